The Hall–Kier alpha value is -3.57. The largest absolute Gasteiger partial charge is 0.387 e. The van der Waals surface area contributed by atoms with Crippen LogP contribution in [0, 0.1) is 10.1 Å². The highest BCUT2D eigenvalue weighted by molar-refractivity contribution is 7.89. The van der Waals surface area contributed by atoms with Crippen LogP contribution in [0.5, 0.6) is 0 Å². The zero-order valence-corrected chi connectivity index (χ0v) is 21.5. The maximum atomic E-state index is 12.3. The molecule has 194 valence electrons. The molecule has 4 N–H and O–H groups in total. The lowest BCUT2D eigenvalue weighted by molar-refractivity contribution is -0.384. The predicted molar refractivity (Wildman–Crippen MR) is 144 cm³/mol. The van der Waals surface area contributed by atoms with Crippen molar-refractivity contribution >= 4 is 26.6 Å². The Morgan fingerprint density at radius 1 is 1.08 bits per heavy atom. The number of nitrogens with zero attached hydrogens (tertiary/aromatic N) is 2. The highest BCUT2D eigenvalue weighted by Gasteiger charge is 2.24. The number of aliphatic hydroxyl groups excluding tert-OH is 1. The number of rotatable bonds is 10. The number of hydrogen-bond acceptors (Lipinski definition) is 6. The highest BCUT2D eigenvalue weighted by atomic mass is 32.2. The number of nitro benzene ring substituents is 1. The molecule has 0 aliphatic heterocycles. The summed E-state index contributed by atoms with van der Waals surface area (Å²) in [6.07, 6.45) is 1.64. The second-order valence-corrected chi connectivity index (χ2v) is 11.2. The number of aromatic nitrogens is 1. The van der Waals surface area contributed by atoms with Gasteiger partial charge in [-0.25, -0.2) is 13.6 Å². The molecule has 0 unspecified atom stereocenters. The molecule has 0 aliphatic carbocycles. The van der Waals surface area contributed by atoms with Crippen molar-refractivity contribution in [1.82, 2.24) is 9.88 Å². The Morgan fingerprint density at radius 2 is 1.81 bits per heavy atom. The van der Waals surface area contributed by atoms with Gasteiger partial charge in [0.05, 0.1) is 15.9 Å². The van der Waals surface area contributed by atoms with Gasteiger partial charge in [0.1, 0.15) is 0 Å². The number of fused-ring (bicyclic) bond motifs is 1. The van der Waals surface area contributed by atoms with Crippen LogP contribution in [0.1, 0.15) is 31.9 Å². The molecule has 3 aromatic carbocycles. The minimum absolute atomic E-state index is 0.0331. The summed E-state index contributed by atoms with van der Waals surface area (Å²) < 4.78 is 26.7. The van der Waals surface area contributed by atoms with Crippen molar-refractivity contribution < 1.29 is 18.4 Å². The van der Waals surface area contributed by atoms with E-state index in [1.165, 1.54) is 12.1 Å². The van der Waals surface area contributed by atoms with Crippen LogP contribution in [0.15, 0.2) is 83.9 Å². The van der Waals surface area contributed by atoms with Crippen LogP contribution in [0.4, 0.5) is 5.69 Å². The van der Waals surface area contributed by atoms with E-state index in [9.17, 15) is 23.6 Å². The monoisotopic (exact) mass is 522 g/mol. The third kappa shape index (κ3) is 6.05. The normalized spacial score (nSPS) is 13.1. The van der Waals surface area contributed by atoms with E-state index >= 15 is 0 Å². The van der Waals surface area contributed by atoms with E-state index < -0.39 is 21.1 Å². The fraction of sp³-hybridized carbons (Fsp3) is 0.259. The molecular weight excluding hydrogens is 492 g/mol. The van der Waals surface area contributed by atoms with Crippen molar-refractivity contribution in [2.24, 2.45) is 5.14 Å². The number of non-ortho nitro benzene ring substituents is 1. The number of sulfonamides is 1. The second-order valence-electron chi connectivity index (χ2n) is 9.67. The van der Waals surface area contributed by atoms with Gasteiger partial charge in [-0.2, -0.15) is 0 Å². The summed E-state index contributed by atoms with van der Waals surface area (Å²) in [7, 11) is -4.01. The number of aryl methyl sites for hydroxylation is 1. The van der Waals surface area contributed by atoms with Gasteiger partial charge in [-0.1, -0.05) is 42.5 Å². The Kier molecular flexibility index (Phi) is 7.47. The van der Waals surface area contributed by atoms with Crippen LogP contribution in [0.2, 0.25) is 0 Å². The Labute approximate surface area is 215 Å². The molecule has 4 rings (SSSR count). The summed E-state index contributed by atoms with van der Waals surface area (Å²) in [6.45, 7) is 4.90. The molecule has 0 spiro atoms. The van der Waals surface area contributed by atoms with Gasteiger partial charge in [0.15, 0.2) is 0 Å². The average molecular weight is 523 g/mol. The lowest BCUT2D eigenvalue weighted by Gasteiger charge is -2.29. The first kappa shape index (κ1) is 26.5. The zero-order chi connectivity index (χ0) is 26.8. The molecule has 1 aromatic heterocycles. The Balaban J connectivity index is 1.49. The van der Waals surface area contributed by atoms with Gasteiger partial charge in [0.2, 0.25) is 10.0 Å². The van der Waals surface area contributed by atoms with Crippen LogP contribution in [0.3, 0.4) is 0 Å². The van der Waals surface area contributed by atoms with Gasteiger partial charge in [-0.15, -0.1) is 0 Å². The van der Waals surface area contributed by atoms with Gasteiger partial charge in [-0.3, -0.25) is 10.1 Å². The van der Waals surface area contributed by atoms with Crippen molar-refractivity contribution in [1.29, 1.82) is 0 Å². The number of β-amino-alcohol motifs (C(OH)–C–C–N with tert-alkyl or cyclic N) is 1. The standard InChI is InChI=1S/C27H30N4O5S/c1-27(2,14-16-30-15-13-20-17-21(31(33)34)11-12-23(20)30)29-18-24(32)22-9-6-10-25(37(28,35)36)26(22)19-7-4-3-5-8-19/h3-13,15,17,24,29,32H,14,16,18H2,1-2H3,(H2,28,35,36)/t24-/m0/s1. The fourth-order valence-electron chi connectivity index (χ4n) is 4.44. The zero-order valence-electron chi connectivity index (χ0n) is 20.7. The average Bonchev–Trinajstić information content (AvgIpc) is 3.28. The van der Waals surface area contributed by atoms with Gasteiger partial charge in [-0.05, 0) is 49.6 Å². The number of nitrogens with two attached hydrogens (primary N) is 1. The Bertz CT molecular complexity index is 1530. The van der Waals surface area contributed by atoms with Gasteiger partial charge in [0.25, 0.3) is 5.69 Å². The summed E-state index contributed by atoms with van der Waals surface area (Å²) in [5.74, 6) is 0. The summed E-state index contributed by atoms with van der Waals surface area (Å²) in [5.41, 5.74) is 2.11. The molecule has 0 aliphatic rings. The van der Waals surface area contributed by atoms with Crippen molar-refractivity contribution in [3.63, 3.8) is 0 Å². The minimum Gasteiger partial charge on any atom is -0.387 e. The Morgan fingerprint density at radius 3 is 2.49 bits per heavy atom. The molecule has 37 heavy (non-hydrogen) atoms. The molecule has 0 bridgehead atoms. The van der Waals surface area contributed by atoms with Crippen molar-refractivity contribution in [3.05, 3.63) is 94.7 Å². The molecule has 1 atom stereocenters. The molecule has 0 fully saturated rings. The lowest BCUT2D eigenvalue weighted by Crippen LogP contribution is -2.42. The summed E-state index contributed by atoms with van der Waals surface area (Å²) >= 11 is 0. The van der Waals surface area contributed by atoms with E-state index in [4.69, 9.17) is 5.14 Å². The number of hydrogen-bond donors (Lipinski definition) is 3. The molecular formula is C27H30N4O5S. The molecule has 9 nitrogen and oxygen atoms in total. The van der Waals surface area contributed by atoms with Crippen molar-refractivity contribution in [2.75, 3.05) is 6.54 Å². The van der Waals surface area contributed by atoms with E-state index in [1.54, 1.807) is 48.5 Å². The first-order valence-corrected chi connectivity index (χ1v) is 13.4. The number of primary sulfonamides is 1. The number of benzene rings is 3. The first-order valence-electron chi connectivity index (χ1n) is 11.8. The van der Waals surface area contributed by atoms with E-state index in [2.05, 4.69) is 5.32 Å². The number of aliphatic hydroxyl groups is 1. The van der Waals surface area contributed by atoms with E-state index in [0.717, 1.165) is 10.9 Å². The summed E-state index contributed by atoms with van der Waals surface area (Å²) in [6, 6.07) is 20.4. The second kappa shape index (κ2) is 10.4. The van der Waals surface area contributed by atoms with Gasteiger partial charge < -0.3 is 15.0 Å². The maximum Gasteiger partial charge on any atom is 0.270 e. The number of nitrogens with one attached hydrogen (secondary N) is 1. The predicted octanol–water partition coefficient (Wildman–Crippen LogP) is 4.36. The van der Waals surface area contributed by atoms with Crippen molar-refractivity contribution in [2.45, 2.75) is 43.4 Å². The molecule has 0 radical (unpaired) electrons. The van der Waals surface area contributed by atoms with Crippen LogP contribution < -0.4 is 10.5 Å². The third-order valence-electron chi connectivity index (χ3n) is 6.50. The van der Waals surface area contributed by atoms with E-state index in [0.29, 0.717) is 29.7 Å². The van der Waals surface area contributed by atoms with E-state index in [-0.39, 0.29) is 22.7 Å². The smallest absolute Gasteiger partial charge is 0.270 e. The van der Waals surface area contributed by atoms with Crippen molar-refractivity contribution in [3.8, 4) is 11.1 Å². The molecule has 0 saturated heterocycles. The maximum absolute atomic E-state index is 12.3. The topological polar surface area (TPSA) is 140 Å². The SMILES string of the molecule is CC(C)(CCn1ccc2cc([N+](=O)[O-])ccc21)NC[C@H](O)c1cccc(S(N)(=O)=O)c1-c1ccccc1. The van der Waals surface area contributed by atoms with Crippen LogP contribution >= 0.6 is 0 Å². The van der Waals surface area contributed by atoms with Gasteiger partial charge >= 0.3 is 0 Å². The van der Waals surface area contributed by atoms with Crippen LogP contribution in [-0.2, 0) is 16.6 Å². The number of nitro groups is 1. The van der Waals surface area contributed by atoms with Crippen LogP contribution in [0.25, 0.3) is 22.0 Å². The minimum atomic E-state index is -4.01. The molecule has 0 amide bonds. The third-order valence-corrected chi connectivity index (χ3v) is 7.46. The highest BCUT2D eigenvalue weighted by Crippen LogP contribution is 2.34. The molecule has 1 heterocycles. The van der Waals surface area contributed by atoms with E-state index in [1.807, 2.05) is 36.7 Å². The quantitative estimate of drug-likeness (QED) is 0.209. The fourth-order valence-corrected chi connectivity index (χ4v) is 5.23. The van der Waals surface area contributed by atoms with Crippen LogP contribution in [-0.4, -0.2) is 35.1 Å². The van der Waals surface area contributed by atoms with Gasteiger partial charge in [0, 0.05) is 53.4 Å². The summed E-state index contributed by atoms with van der Waals surface area (Å²) in [4.78, 5) is 10.6. The molecule has 4 aromatic rings. The molecule has 10 heteroatoms. The first-order chi connectivity index (χ1) is 17.5. The molecule has 0 saturated carbocycles. The lowest BCUT2D eigenvalue weighted by atomic mass is 9.94. The summed E-state index contributed by atoms with van der Waals surface area (Å²) in [5, 5.41) is 31.9.